The average molecular weight is 243 g/mol. The molecule has 0 unspecified atom stereocenters. The highest BCUT2D eigenvalue weighted by Crippen LogP contribution is 2.14. The molecule has 4 N–H and O–H groups in total. The zero-order valence-electron chi connectivity index (χ0n) is 10.4. The van der Waals surface area contributed by atoms with E-state index in [1.165, 1.54) is 11.4 Å². The number of nitrogens with one attached hydrogen (secondary N) is 2. The summed E-state index contributed by atoms with van der Waals surface area (Å²) in [4.78, 5) is 14.1. The lowest BCUT2D eigenvalue weighted by molar-refractivity contribution is 0.259. The fourth-order valence-electron chi connectivity index (χ4n) is 1.92. The summed E-state index contributed by atoms with van der Waals surface area (Å²) in [6.07, 6.45) is 1.82. The first-order valence-electron chi connectivity index (χ1n) is 5.99. The van der Waals surface area contributed by atoms with E-state index in [0.29, 0.717) is 0 Å². The van der Waals surface area contributed by atoms with Crippen LogP contribution >= 0.6 is 0 Å². The number of rotatable bonds is 4. The van der Waals surface area contributed by atoms with E-state index < -0.39 is 6.03 Å². The van der Waals surface area contributed by atoms with Crippen LogP contribution in [0.25, 0.3) is 0 Å². The molecule has 2 rings (SSSR count). The Morgan fingerprint density at radius 3 is 2.72 bits per heavy atom. The van der Waals surface area contributed by atoms with Gasteiger partial charge in [0.05, 0.1) is 0 Å². The molecular weight excluding hydrogens is 226 g/mol. The second-order valence-corrected chi connectivity index (χ2v) is 4.23. The molecule has 0 saturated heterocycles. The lowest BCUT2D eigenvalue weighted by Gasteiger charge is -2.04. The van der Waals surface area contributed by atoms with Crippen molar-refractivity contribution in [2.45, 2.75) is 19.8 Å². The van der Waals surface area contributed by atoms with Crippen molar-refractivity contribution in [3.63, 3.8) is 0 Å². The Morgan fingerprint density at radius 2 is 2.06 bits per heavy atom. The molecule has 0 spiro atoms. The van der Waals surface area contributed by atoms with Crippen molar-refractivity contribution >= 4 is 11.7 Å². The quantitative estimate of drug-likeness (QED) is 0.759. The number of hydrogen-bond acceptors (Lipinski definition) is 1. The van der Waals surface area contributed by atoms with Gasteiger partial charge in [-0.1, -0.05) is 19.1 Å². The van der Waals surface area contributed by atoms with Crippen LogP contribution in [0.1, 0.15) is 23.9 Å². The highest BCUT2D eigenvalue weighted by atomic mass is 16.2. The van der Waals surface area contributed by atoms with Crippen molar-refractivity contribution in [2.24, 2.45) is 5.73 Å². The van der Waals surface area contributed by atoms with Crippen LogP contribution in [-0.4, -0.2) is 11.0 Å². The summed E-state index contributed by atoms with van der Waals surface area (Å²) in [5, 5.41) is 2.58. The SMILES string of the molecule is CCc1ccc(Cc2cccc(NC(N)=O)c2)[nH]1. The average Bonchev–Trinajstić information content (AvgIpc) is 2.76. The Morgan fingerprint density at radius 1 is 1.28 bits per heavy atom. The van der Waals surface area contributed by atoms with Gasteiger partial charge in [0.1, 0.15) is 0 Å². The van der Waals surface area contributed by atoms with Gasteiger partial charge in [-0.15, -0.1) is 0 Å². The van der Waals surface area contributed by atoms with E-state index in [1.54, 1.807) is 0 Å². The van der Waals surface area contributed by atoms with Crippen LogP contribution in [0.2, 0.25) is 0 Å². The maximum Gasteiger partial charge on any atom is 0.316 e. The molecule has 0 saturated carbocycles. The van der Waals surface area contributed by atoms with Crippen LogP contribution in [0.4, 0.5) is 10.5 Å². The second-order valence-electron chi connectivity index (χ2n) is 4.23. The lowest BCUT2D eigenvalue weighted by Crippen LogP contribution is -2.19. The fourth-order valence-corrected chi connectivity index (χ4v) is 1.92. The highest BCUT2D eigenvalue weighted by molar-refractivity contribution is 5.87. The van der Waals surface area contributed by atoms with Crippen LogP contribution in [-0.2, 0) is 12.8 Å². The van der Waals surface area contributed by atoms with Gasteiger partial charge >= 0.3 is 6.03 Å². The molecule has 0 aliphatic heterocycles. The minimum atomic E-state index is -0.541. The third-order valence-electron chi connectivity index (χ3n) is 2.78. The van der Waals surface area contributed by atoms with Crippen LogP contribution in [0.5, 0.6) is 0 Å². The minimum absolute atomic E-state index is 0.541. The number of urea groups is 1. The van der Waals surface area contributed by atoms with Crippen LogP contribution in [0.15, 0.2) is 36.4 Å². The summed E-state index contributed by atoms with van der Waals surface area (Å²) in [5.41, 5.74) is 9.35. The van der Waals surface area contributed by atoms with E-state index in [1.807, 2.05) is 24.3 Å². The summed E-state index contributed by atoms with van der Waals surface area (Å²) in [6.45, 7) is 2.12. The molecule has 1 aromatic heterocycles. The molecule has 18 heavy (non-hydrogen) atoms. The smallest absolute Gasteiger partial charge is 0.316 e. The Hall–Kier alpha value is -2.23. The van der Waals surface area contributed by atoms with Gasteiger partial charge in [-0.25, -0.2) is 4.79 Å². The third-order valence-corrected chi connectivity index (χ3v) is 2.78. The van der Waals surface area contributed by atoms with Crippen molar-refractivity contribution in [3.05, 3.63) is 53.3 Å². The molecule has 0 radical (unpaired) electrons. The molecule has 1 heterocycles. The van der Waals surface area contributed by atoms with Gasteiger partial charge in [0, 0.05) is 23.5 Å². The summed E-state index contributed by atoms with van der Waals surface area (Å²) in [5.74, 6) is 0. The van der Waals surface area contributed by atoms with E-state index in [2.05, 4.69) is 29.4 Å². The first-order valence-corrected chi connectivity index (χ1v) is 5.99. The van der Waals surface area contributed by atoms with Gasteiger partial charge in [-0.3, -0.25) is 0 Å². The number of primary amides is 1. The molecule has 4 nitrogen and oxygen atoms in total. The number of hydrogen-bond donors (Lipinski definition) is 3. The van der Waals surface area contributed by atoms with E-state index in [0.717, 1.165) is 24.1 Å². The van der Waals surface area contributed by atoms with E-state index in [4.69, 9.17) is 5.73 Å². The Bertz CT molecular complexity index is 545. The molecule has 1 aromatic carbocycles. The molecule has 0 fully saturated rings. The summed E-state index contributed by atoms with van der Waals surface area (Å²) < 4.78 is 0. The van der Waals surface area contributed by atoms with Crippen molar-refractivity contribution in [1.82, 2.24) is 4.98 Å². The molecule has 2 aromatic rings. The number of benzene rings is 1. The third kappa shape index (κ3) is 3.13. The van der Waals surface area contributed by atoms with E-state index in [-0.39, 0.29) is 0 Å². The van der Waals surface area contributed by atoms with Crippen molar-refractivity contribution < 1.29 is 4.79 Å². The number of carbonyl (C=O) groups is 1. The standard InChI is InChI=1S/C14H17N3O/c1-2-11-6-7-13(16-11)9-10-4-3-5-12(8-10)17-14(15)18/h3-8,16H,2,9H2,1H3,(H3,15,17,18). The second kappa shape index (κ2) is 5.40. The normalized spacial score (nSPS) is 10.3. The van der Waals surface area contributed by atoms with Crippen LogP contribution in [0, 0.1) is 0 Å². The van der Waals surface area contributed by atoms with Crippen molar-refractivity contribution in [1.29, 1.82) is 0 Å². The van der Waals surface area contributed by atoms with Gasteiger partial charge in [0.2, 0.25) is 0 Å². The molecule has 2 amide bonds. The number of aryl methyl sites for hydroxylation is 1. The number of aromatic amines is 1. The molecule has 0 aliphatic rings. The number of amides is 2. The molecule has 0 bridgehead atoms. The van der Waals surface area contributed by atoms with Gasteiger partial charge in [-0.2, -0.15) is 0 Å². The van der Waals surface area contributed by atoms with Crippen molar-refractivity contribution in [3.8, 4) is 0 Å². The molecule has 0 aliphatic carbocycles. The lowest BCUT2D eigenvalue weighted by atomic mass is 10.1. The number of carbonyl (C=O) groups excluding carboxylic acids is 1. The molecule has 0 atom stereocenters. The molecule has 4 heteroatoms. The van der Waals surface area contributed by atoms with Crippen LogP contribution < -0.4 is 11.1 Å². The Kier molecular flexibility index (Phi) is 3.67. The minimum Gasteiger partial charge on any atom is -0.362 e. The maximum atomic E-state index is 10.8. The first kappa shape index (κ1) is 12.2. The van der Waals surface area contributed by atoms with Gasteiger partial charge < -0.3 is 16.0 Å². The topological polar surface area (TPSA) is 70.9 Å². The van der Waals surface area contributed by atoms with Gasteiger partial charge in [0.25, 0.3) is 0 Å². The van der Waals surface area contributed by atoms with E-state index in [9.17, 15) is 4.79 Å². The molecule has 94 valence electrons. The predicted octanol–water partition coefficient (Wildman–Crippen LogP) is 2.66. The number of H-pyrrole nitrogens is 1. The van der Waals surface area contributed by atoms with Gasteiger partial charge in [0.15, 0.2) is 0 Å². The summed E-state index contributed by atoms with van der Waals surface area (Å²) in [7, 11) is 0. The summed E-state index contributed by atoms with van der Waals surface area (Å²) >= 11 is 0. The fraction of sp³-hybridized carbons (Fsp3) is 0.214. The number of aromatic nitrogens is 1. The zero-order chi connectivity index (χ0) is 13.0. The number of nitrogens with two attached hydrogens (primary N) is 1. The zero-order valence-corrected chi connectivity index (χ0v) is 10.4. The highest BCUT2D eigenvalue weighted by Gasteiger charge is 2.01. The number of anilines is 1. The van der Waals surface area contributed by atoms with Gasteiger partial charge in [-0.05, 0) is 36.2 Å². The molecular formula is C14H17N3O. The van der Waals surface area contributed by atoms with Crippen molar-refractivity contribution in [2.75, 3.05) is 5.32 Å². The Balaban J connectivity index is 2.11. The monoisotopic (exact) mass is 243 g/mol. The van der Waals surface area contributed by atoms with E-state index >= 15 is 0 Å². The first-order chi connectivity index (χ1) is 8.67. The van der Waals surface area contributed by atoms with Crippen LogP contribution in [0.3, 0.4) is 0 Å². The predicted molar refractivity (Wildman–Crippen MR) is 72.6 cm³/mol. The summed E-state index contributed by atoms with van der Waals surface area (Å²) in [6, 6.07) is 11.3. The Labute approximate surface area is 106 Å². The maximum absolute atomic E-state index is 10.8. The largest absolute Gasteiger partial charge is 0.362 e.